The van der Waals surface area contributed by atoms with Gasteiger partial charge < -0.3 is 14.8 Å². The molecule has 0 aliphatic carbocycles. The Morgan fingerprint density at radius 1 is 1.12 bits per heavy atom. The number of fused-ring (bicyclic) bond motifs is 1. The smallest absolute Gasteiger partial charge is 0.271 e. The van der Waals surface area contributed by atoms with Crippen LogP contribution in [0.25, 0.3) is 0 Å². The van der Waals surface area contributed by atoms with Crippen LogP contribution in [-0.4, -0.2) is 24.3 Å². The normalized spacial score (nSPS) is 15.7. The van der Waals surface area contributed by atoms with Crippen LogP contribution < -0.4 is 19.8 Å². The third-order valence-corrected chi connectivity index (χ3v) is 4.32. The van der Waals surface area contributed by atoms with Gasteiger partial charge in [0.05, 0.1) is 16.4 Å². The molecule has 0 fully saturated rings. The van der Waals surface area contributed by atoms with E-state index in [-0.39, 0.29) is 31.3 Å². The van der Waals surface area contributed by atoms with Crippen LogP contribution in [0.4, 0.5) is 11.4 Å². The van der Waals surface area contributed by atoms with Crippen molar-refractivity contribution in [2.24, 2.45) is 5.10 Å². The lowest BCUT2D eigenvalue weighted by Crippen LogP contribution is -2.36. The fourth-order valence-corrected chi connectivity index (χ4v) is 2.90. The Hall–Kier alpha value is -3.06. The Morgan fingerprint density at radius 2 is 1.85 bits per heavy atom. The molecule has 0 bridgehead atoms. The number of carbonyl (C=O) groups is 2. The number of carbonyl (C=O) groups excluding carboxylic acids is 2. The van der Waals surface area contributed by atoms with Crippen LogP contribution in [0.1, 0.15) is 12.8 Å². The van der Waals surface area contributed by atoms with Crippen molar-refractivity contribution in [1.82, 2.24) is 0 Å². The first-order chi connectivity index (χ1) is 12.6. The number of para-hydroxylation sites is 1. The average Bonchev–Trinajstić information content (AvgIpc) is 3.10. The minimum absolute atomic E-state index is 0.115. The van der Waals surface area contributed by atoms with E-state index in [1.807, 2.05) is 6.07 Å². The molecule has 26 heavy (non-hydrogen) atoms. The highest BCUT2D eigenvalue weighted by atomic mass is 35.5. The molecule has 7 nitrogen and oxygen atoms in total. The molecule has 0 radical (unpaired) electrons. The van der Waals surface area contributed by atoms with Gasteiger partial charge >= 0.3 is 0 Å². The molecule has 0 saturated heterocycles. The molecule has 132 valence electrons. The van der Waals surface area contributed by atoms with Crippen molar-refractivity contribution in [2.75, 3.05) is 17.1 Å². The van der Waals surface area contributed by atoms with E-state index in [9.17, 15) is 9.59 Å². The van der Waals surface area contributed by atoms with Crippen LogP contribution in [0.15, 0.2) is 47.6 Å². The number of ether oxygens (including phenoxy) is 2. The molecule has 0 aromatic heterocycles. The zero-order chi connectivity index (χ0) is 18.1. The number of hydrogen-bond acceptors (Lipinski definition) is 5. The van der Waals surface area contributed by atoms with Crippen molar-refractivity contribution >= 4 is 40.5 Å². The predicted octanol–water partition coefficient (Wildman–Crippen LogP) is 3.19. The van der Waals surface area contributed by atoms with Crippen molar-refractivity contribution in [3.05, 3.63) is 47.5 Å². The van der Waals surface area contributed by atoms with Gasteiger partial charge in [-0.2, -0.15) is 5.10 Å². The molecule has 0 spiro atoms. The Balaban J connectivity index is 1.57. The number of nitrogens with zero attached hydrogens (tertiary/aromatic N) is 2. The van der Waals surface area contributed by atoms with E-state index in [1.54, 1.807) is 36.4 Å². The van der Waals surface area contributed by atoms with Crippen LogP contribution >= 0.6 is 11.6 Å². The van der Waals surface area contributed by atoms with E-state index in [2.05, 4.69) is 10.4 Å². The number of anilines is 2. The fraction of sp³-hybridized carbons (Fsp3) is 0.167. The number of amides is 2. The SMILES string of the molecule is O=C(Nc1cc2c(cc1Cl)OCO2)C1=NN(c2ccccc2)C(=O)CC1. The van der Waals surface area contributed by atoms with Crippen LogP contribution in [0, 0.1) is 0 Å². The molecule has 2 aromatic carbocycles. The number of halogens is 1. The third-order valence-electron chi connectivity index (χ3n) is 4.01. The van der Waals surface area contributed by atoms with E-state index in [0.717, 1.165) is 0 Å². The fourth-order valence-electron chi connectivity index (χ4n) is 2.69. The van der Waals surface area contributed by atoms with E-state index < -0.39 is 5.91 Å². The van der Waals surface area contributed by atoms with Gasteiger partial charge in [-0.1, -0.05) is 29.8 Å². The lowest BCUT2D eigenvalue weighted by atomic mass is 10.1. The lowest BCUT2D eigenvalue weighted by molar-refractivity contribution is -0.118. The lowest BCUT2D eigenvalue weighted by Gasteiger charge is -2.23. The largest absolute Gasteiger partial charge is 0.454 e. The number of rotatable bonds is 3. The minimum atomic E-state index is -0.417. The van der Waals surface area contributed by atoms with E-state index in [4.69, 9.17) is 21.1 Å². The second-order valence-corrected chi connectivity index (χ2v) is 6.13. The molecule has 2 aromatic rings. The van der Waals surface area contributed by atoms with E-state index >= 15 is 0 Å². The minimum Gasteiger partial charge on any atom is -0.454 e. The van der Waals surface area contributed by atoms with Gasteiger partial charge in [0.1, 0.15) is 5.71 Å². The Labute approximate surface area is 154 Å². The van der Waals surface area contributed by atoms with Crippen molar-refractivity contribution in [2.45, 2.75) is 12.8 Å². The standard InChI is InChI=1S/C18H14ClN3O4/c19-12-8-15-16(26-10-25-15)9-14(12)20-18(24)13-6-7-17(23)22(21-13)11-4-2-1-3-5-11/h1-5,8-9H,6-7,10H2,(H,20,24). The first-order valence-electron chi connectivity index (χ1n) is 7.98. The summed E-state index contributed by atoms with van der Waals surface area (Å²) in [7, 11) is 0. The molecule has 1 N–H and O–H groups in total. The van der Waals surface area contributed by atoms with Gasteiger partial charge in [0, 0.05) is 25.0 Å². The summed E-state index contributed by atoms with van der Waals surface area (Å²) in [5.74, 6) is 0.466. The molecule has 2 heterocycles. The predicted molar refractivity (Wildman–Crippen MR) is 96.8 cm³/mol. The van der Waals surface area contributed by atoms with E-state index in [1.165, 1.54) is 5.01 Å². The quantitative estimate of drug-likeness (QED) is 0.898. The summed E-state index contributed by atoms with van der Waals surface area (Å²) in [4.78, 5) is 24.7. The molecule has 0 unspecified atom stereocenters. The topological polar surface area (TPSA) is 80.2 Å². The molecule has 2 aliphatic heterocycles. The number of nitrogens with one attached hydrogen (secondary N) is 1. The second kappa shape index (κ2) is 6.68. The molecule has 0 atom stereocenters. The van der Waals surface area contributed by atoms with Gasteiger partial charge in [0.15, 0.2) is 11.5 Å². The number of hydrogen-bond donors (Lipinski definition) is 1. The van der Waals surface area contributed by atoms with Crippen LogP contribution in [-0.2, 0) is 9.59 Å². The van der Waals surface area contributed by atoms with Crippen molar-refractivity contribution in [3.63, 3.8) is 0 Å². The van der Waals surface area contributed by atoms with Gasteiger partial charge in [0.2, 0.25) is 12.7 Å². The first-order valence-corrected chi connectivity index (χ1v) is 8.35. The Morgan fingerprint density at radius 3 is 2.62 bits per heavy atom. The molecule has 8 heteroatoms. The number of benzene rings is 2. The summed E-state index contributed by atoms with van der Waals surface area (Å²) in [6.45, 7) is 0.115. The first kappa shape index (κ1) is 16.4. The van der Waals surface area contributed by atoms with Gasteiger partial charge in [-0.05, 0) is 12.1 Å². The Bertz CT molecular complexity index is 914. The molecule has 4 rings (SSSR count). The average molecular weight is 372 g/mol. The number of hydrazone groups is 1. The molecular weight excluding hydrogens is 358 g/mol. The van der Waals surface area contributed by atoms with Crippen LogP contribution in [0.2, 0.25) is 5.02 Å². The van der Waals surface area contributed by atoms with Crippen molar-refractivity contribution in [1.29, 1.82) is 0 Å². The molecule has 2 aliphatic rings. The molecule has 0 saturated carbocycles. The maximum atomic E-state index is 12.6. The summed E-state index contributed by atoms with van der Waals surface area (Å²) in [5, 5.41) is 8.52. The van der Waals surface area contributed by atoms with Crippen LogP contribution in [0.5, 0.6) is 11.5 Å². The van der Waals surface area contributed by atoms with Gasteiger partial charge in [-0.25, -0.2) is 5.01 Å². The maximum absolute atomic E-state index is 12.6. The van der Waals surface area contributed by atoms with Crippen molar-refractivity contribution in [3.8, 4) is 11.5 Å². The van der Waals surface area contributed by atoms with Gasteiger partial charge in [0.25, 0.3) is 5.91 Å². The second-order valence-electron chi connectivity index (χ2n) is 5.73. The monoisotopic (exact) mass is 371 g/mol. The summed E-state index contributed by atoms with van der Waals surface area (Å²) in [5.41, 5.74) is 1.26. The zero-order valence-corrected chi connectivity index (χ0v) is 14.3. The highest BCUT2D eigenvalue weighted by Crippen LogP contribution is 2.39. The molecular formula is C18H14ClN3O4. The summed E-state index contributed by atoms with van der Waals surface area (Å²) in [6, 6.07) is 12.2. The summed E-state index contributed by atoms with van der Waals surface area (Å²) in [6.07, 6.45) is 0.464. The maximum Gasteiger partial charge on any atom is 0.271 e. The summed E-state index contributed by atoms with van der Waals surface area (Å²) < 4.78 is 10.5. The van der Waals surface area contributed by atoms with Crippen molar-refractivity contribution < 1.29 is 19.1 Å². The Kier molecular flexibility index (Phi) is 4.22. The van der Waals surface area contributed by atoms with Crippen LogP contribution in [0.3, 0.4) is 0 Å². The van der Waals surface area contributed by atoms with E-state index in [0.29, 0.717) is 27.9 Å². The highest BCUT2D eigenvalue weighted by Gasteiger charge is 2.26. The summed E-state index contributed by atoms with van der Waals surface area (Å²) >= 11 is 6.18. The van der Waals surface area contributed by atoms with Gasteiger partial charge in [-0.3, -0.25) is 9.59 Å². The highest BCUT2D eigenvalue weighted by molar-refractivity contribution is 6.45. The van der Waals surface area contributed by atoms with Gasteiger partial charge in [-0.15, -0.1) is 0 Å². The zero-order valence-electron chi connectivity index (χ0n) is 13.6. The third kappa shape index (κ3) is 3.09. The molecule has 2 amide bonds.